The van der Waals surface area contributed by atoms with Gasteiger partial charge in [0.2, 0.25) is 11.8 Å². The van der Waals surface area contributed by atoms with Crippen LogP contribution in [0.5, 0.6) is 5.88 Å². The zero-order valence-corrected chi connectivity index (χ0v) is 15.1. The number of methoxy groups -OCH3 is 1. The lowest BCUT2D eigenvalue weighted by Gasteiger charge is -2.34. The highest BCUT2D eigenvalue weighted by Crippen LogP contribution is 2.31. The van der Waals surface area contributed by atoms with Crippen LogP contribution in [0.1, 0.15) is 22.9 Å². The van der Waals surface area contributed by atoms with Gasteiger partial charge in [0.1, 0.15) is 0 Å². The molecule has 0 unspecified atom stereocenters. The molecule has 0 aromatic carbocycles. The third kappa shape index (κ3) is 2.99. The second-order valence-electron chi connectivity index (χ2n) is 6.80. The van der Waals surface area contributed by atoms with Gasteiger partial charge in [0.25, 0.3) is 0 Å². The Bertz CT molecular complexity index is 836. The minimum absolute atomic E-state index is 0.169. The third-order valence-electron chi connectivity index (χ3n) is 5.07. The summed E-state index contributed by atoms with van der Waals surface area (Å²) in [4.78, 5) is 26.1. The molecule has 2 aromatic rings. The molecule has 0 N–H and O–H groups in total. The Morgan fingerprint density at radius 3 is 2.88 bits per heavy atom. The average molecular weight is 353 g/mol. The number of aromatic nitrogens is 3. The molecule has 0 fully saturated rings. The van der Waals surface area contributed by atoms with E-state index in [-0.39, 0.29) is 11.8 Å². The number of hydrogen-bond donors (Lipinski definition) is 0. The predicted molar refractivity (Wildman–Crippen MR) is 96.6 cm³/mol. The fourth-order valence-electron chi connectivity index (χ4n) is 3.84. The molecule has 0 aliphatic carbocycles. The van der Waals surface area contributed by atoms with Crippen LogP contribution in [0.4, 0.5) is 0 Å². The molecule has 2 aliphatic heterocycles. The van der Waals surface area contributed by atoms with Crippen LogP contribution < -0.4 is 4.74 Å². The minimum atomic E-state index is -0.200. The molecule has 0 saturated carbocycles. The van der Waals surface area contributed by atoms with Crippen LogP contribution in [0.2, 0.25) is 0 Å². The highest BCUT2D eigenvalue weighted by Gasteiger charge is 2.36. The number of amides is 1. The molecule has 2 aromatic heterocycles. The Morgan fingerprint density at radius 2 is 2.12 bits per heavy atom. The first-order valence-corrected chi connectivity index (χ1v) is 8.81. The van der Waals surface area contributed by atoms with Crippen LogP contribution in [0.25, 0.3) is 0 Å². The molecule has 1 amide bonds. The predicted octanol–water partition coefficient (Wildman–Crippen LogP) is 1.32. The maximum atomic E-state index is 13.1. The van der Waals surface area contributed by atoms with Crippen molar-refractivity contribution in [1.82, 2.24) is 24.3 Å². The van der Waals surface area contributed by atoms with E-state index in [1.54, 1.807) is 19.6 Å². The minimum Gasteiger partial charge on any atom is -0.481 e. The fourth-order valence-corrected chi connectivity index (χ4v) is 3.84. The Balaban J connectivity index is 1.60. The normalized spacial score (nSPS) is 19.6. The number of imidazole rings is 1. The topological polar surface area (TPSA) is 63.5 Å². The Kier molecular flexibility index (Phi) is 4.46. The van der Waals surface area contributed by atoms with Crippen molar-refractivity contribution < 1.29 is 9.53 Å². The van der Waals surface area contributed by atoms with Gasteiger partial charge in [-0.3, -0.25) is 9.69 Å². The second kappa shape index (κ2) is 6.92. The van der Waals surface area contributed by atoms with Crippen LogP contribution in [-0.4, -0.2) is 57.0 Å². The number of carbonyl (C=O) groups is 1. The summed E-state index contributed by atoms with van der Waals surface area (Å²) in [6, 6.07) is 3.92. The molecular formula is C19H23N5O2. The molecule has 4 rings (SSSR count). The zero-order chi connectivity index (χ0) is 18.1. The molecule has 2 aliphatic rings. The summed E-state index contributed by atoms with van der Waals surface area (Å²) in [7, 11) is 3.60. The van der Waals surface area contributed by atoms with Crippen LogP contribution in [0.15, 0.2) is 36.8 Å². The van der Waals surface area contributed by atoms with E-state index in [9.17, 15) is 4.79 Å². The van der Waals surface area contributed by atoms with Gasteiger partial charge in [0.05, 0.1) is 30.7 Å². The Hall–Kier alpha value is -2.67. The number of aryl methyl sites for hydroxylation is 1. The second-order valence-corrected chi connectivity index (χ2v) is 6.80. The van der Waals surface area contributed by atoms with Crippen molar-refractivity contribution in [3.05, 3.63) is 53.8 Å². The lowest BCUT2D eigenvalue weighted by Crippen LogP contribution is -2.43. The van der Waals surface area contributed by atoms with Gasteiger partial charge in [-0.1, -0.05) is 18.2 Å². The van der Waals surface area contributed by atoms with Gasteiger partial charge in [-0.25, -0.2) is 9.97 Å². The number of ether oxygens (including phenoxy) is 1. The van der Waals surface area contributed by atoms with E-state index < -0.39 is 0 Å². The molecule has 0 saturated heterocycles. The van der Waals surface area contributed by atoms with Crippen LogP contribution in [0, 0.1) is 0 Å². The maximum absolute atomic E-state index is 13.1. The lowest BCUT2D eigenvalue weighted by molar-refractivity contribution is -0.132. The molecule has 0 spiro atoms. The van der Waals surface area contributed by atoms with E-state index in [4.69, 9.17) is 4.74 Å². The van der Waals surface area contributed by atoms with Crippen molar-refractivity contribution >= 4 is 5.91 Å². The number of hydrogen-bond acceptors (Lipinski definition) is 5. The fraction of sp³-hybridized carbons (Fsp3) is 0.421. The van der Waals surface area contributed by atoms with Crippen LogP contribution >= 0.6 is 0 Å². The van der Waals surface area contributed by atoms with Crippen molar-refractivity contribution in [2.24, 2.45) is 7.05 Å². The maximum Gasteiger partial charge on any atom is 0.233 e. The monoisotopic (exact) mass is 353 g/mol. The van der Waals surface area contributed by atoms with E-state index >= 15 is 0 Å². The van der Waals surface area contributed by atoms with Gasteiger partial charge in [0.15, 0.2) is 0 Å². The summed E-state index contributed by atoms with van der Waals surface area (Å²) in [5.41, 5.74) is 3.03. The van der Waals surface area contributed by atoms with E-state index in [0.29, 0.717) is 32.1 Å². The summed E-state index contributed by atoms with van der Waals surface area (Å²) in [6.07, 6.45) is 7.62. The van der Waals surface area contributed by atoms with Crippen molar-refractivity contribution in [1.29, 1.82) is 0 Å². The Labute approximate surface area is 152 Å². The molecule has 7 nitrogen and oxygen atoms in total. The first-order chi connectivity index (χ1) is 12.7. The summed E-state index contributed by atoms with van der Waals surface area (Å²) >= 11 is 0. The van der Waals surface area contributed by atoms with Gasteiger partial charge >= 0.3 is 0 Å². The van der Waals surface area contributed by atoms with Gasteiger partial charge in [0, 0.05) is 51.5 Å². The van der Waals surface area contributed by atoms with E-state index in [2.05, 4.69) is 14.9 Å². The molecule has 7 heteroatoms. The van der Waals surface area contributed by atoms with Crippen molar-refractivity contribution in [2.45, 2.75) is 19.0 Å². The molecule has 26 heavy (non-hydrogen) atoms. The van der Waals surface area contributed by atoms with Gasteiger partial charge in [-0.05, 0) is 6.07 Å². The first-order valence-electron chi connectivity index (χ1n) is 8.81. The molecule has 4 heterocycles. The molecular weight excluding hydrogens is 330 g/mol. The van der Waals surface area contributed by atoms with E-state index in [1.165, 1.54) is 0 Å². The summed E-state index contributed by atoms with van der Waals surface area (Å²) in [5.74, 6) is 0.599. The smallest absolute Gasteiger partial charge is 0.233 e. The lowest BCUT2D eigenvalue weighted by atomic mass is 9.96. The largest absolute Gasteiger partial charge is 0.481 e. The number of rotatable bonds is 4. The number of carbonyl (C=O) groups excluding carboxylic acids is 1. The average Bonchev–Trinajstić information content (AvgIpc) is 3.31. The quantitative estimate of drug-likeness (QED) is 0.776. The van der Waals surface area contributed by atoms with Crippen molar-refractivity contribution in [2.75, 3.05) is 26.7 Å². The molecule has 1 atom stereocenters. The zero-order valence-electron chi connectivity index (χ0n) is 15.1. The van der Waals surface area contributed by atoms with E-state index in [0.717, 1.165) is 23.5 Å². The first kappa shape index (κ1) is 16.8. The van der Waals surface area contributed by atoms with Crippen molar-refractivity contribution in [3.8, 4) is 5.88 Å². The molecule has 0 radical (unpaired) electrons. The van der Waals surface area contributed by atoms with Crippen LogP contribution in [0.3, 0.4) is 0 Å². The number of pyridine rings is 1. The van der Waals surface area contributed by atoms with Gasteiger partial charge < -0.3 is 14.2 Å². The number of fused-ring (bicyclic) bond motifs is 1. The molecule has 0 bridgehead atoms. The summed E-state index contributed by atoms with van der Waals surface area (Å²) in [5, 5.41) is 0. The molecule has 136 valence electrons. The van der Waals surface area contributed by atoms with Crippen molar-refractivity contribution in [3.63, 3.8) is 0 Å². The third-order valence-corrected chi connectivity index (χ3v) is 5.07. The number of nitrogens with zero attached hydrogens (tertiary/aromatic N) is 5. The van der Waals surface area contributed by atoms with Gasteiger partial charge in [-0.15, -0.1) is 0 Å². The SMILES string of the molecule is COc1ncccc1CN1Cc2ncn(C)c2[C@@H](C(=O)N2CC=CC2)C1. The Morgan fingerprint density at radius 1 is 1.31 bits per heavy atom. The highest BCUT2D eigenvalue weighted by molar-refractivity contribution is 5.84. The standard InChI is InChI=1S/C19H23N5O2/c1-22-13-21-16-12-23(10-14-6-5-7-20-18(14)26-2)11-15(17(16)22)19(25)24-8-3-4-9-24/h3-7,13,15H,8-12H2,1-2H3/t15-/m0/s1. The summed E-state index contributed by atoms with van der Waals surface area (Å²) < 4.78 is 7.36. The van der Waals surface area contributed by atoms with E-state index in [1.807, 2.05) is 40.8 Å². The van der Waals surface area contributed by atoms with Gasteiger partial charge in [-0.2, -0.15) is 0 Å². The van der Waals surface area contributed by atoms with Crippen LogP contribution in [-0.2, 0) is 24.9 Å². The highest BCUT2D eigenvalue weighted by atomic mass is 16.5. The summed E-state index contributed by atoms with van der Waals surface area (Å²) in [6.45, 7) is 3.45.